The first-order valence-electron chi connectivity index (χ1n) is 6.87. The number of thioether (sulfide) groups is 1. The fourth-order valence-electron chi connectivity index (χ4n) is 2.13. The van der Waals surface area contributed by atoms with E-state index in [-0.39, 0.29) is 0 Å². The molecule has 0 amide bonds. The van der Waals surface area contributed by atoms with E-state index in [0.29, 0.717) is 18.4 Å². The van der Waals surface area contributed by atoms with Gasteiger partial charge in [-0.1, -0.05) is 65.9 Å². The summed E-state index contributed by atoms with van der Waals surface area (Å²) in [5, 5.41) is 8.57. The number of hydrogen-bond acceptors (Lipinski definition) is 5. The summed E-state index contributed by atoms with van der Waals surface area (Å²) in [7, 11) is 0. The van der Waals surface area contributed by atoms with Crippen LogP contribution in [0.3, 0.4) is 0 Å². The molecule has 2 heterocycles. The lowest BCUT2D eigenvalue weighted by atomic mass is 10.1. The summed E-state index contributed by atoms with van der Waals surface area (Å²) in [5.41, 5.74) is 1.80. The van der Waals surface area contributed by atoms with Crippen molar-refractivity contribution in [2.24, 2.45) is 0 Å². The Morgan fingerprint density at radius 3 is 2.64 bits per heavy atom. The van der Waals surface area contributed by atoms with Crippen LogP contribution in [0.4, 0.5) is 0 Å². The lowest BCUT2D eigenvalue weighted by Crippen LogP contribution is -2.38. The molecule has 1 aromatic carbocycles. The predicted molar refractivity (Wildman–Crippen MR) is 93.3 cm³/mol. The molecular formula is C15H14ClN3OS2. The Bertz CT molecular complexity index is 663. The van der Waals surface area contributed by atoms with Gasteiger partial charge in [-0.25, -0.2) is 0 Å². The zero-order valence-corrected chi connectivity index (χ0v) is 14.1. The molecule has 1 saturated heterocycles. The van der Waals surface area contributed by atoms with Gasteiger partial charge in [0.15, 0.2) is 5.15 Å². The highest BCUT2D eigenvalue weighted by molar-refractivity contribution is 8.23. The van der Waals surface area contributed by atoms with Crippen molar-refractivity contribution in [3.63, 3.8) is 0 Å². The summed E-state index contributed by atoms with van der Waals surface area (Å²) < 4.78 is 6.17. The van der Waals surface area contributed by atoms with Crippen LogP contribution in [0.2, 0.25) is 5.15 Å². The van der Waals surface area contributed by atoms with Crippen LogP contribution in [0.25, 0.3) is 11.3 Å². The number of nitrogens with zero attached hydrogens (tertiary/aromatic N) is 3. The van der Waals surface area contributed by atoms with Crippen molar-refractivity contribution in [2.75, 3.05) is 26.3 Å². The lowest BCUT2D eigenvalue weighted by molar-refractivity contribution is 0.0702. The van der Waals surface area contributed by atoms with E-state index in [1.54, 1.807) is 0 Å². The van der Waals surface area contributed by atoms with Gasteiger partial charge in [0.2, 0.25) is 0 Å². The Morgan fingerprint density at radius 1 is 1.18 bits per heavy atom. The zero-order valence-electron chi connectivity index (χ0n) is 11.7. The Labute approximate surface area is 143 Å². The maximum absolute atomic E-state index is 6.01. The third kappa shape index (κ3) is 3.76. The van der Waals surface area contributed by atoms with E-state index < -0.39 is 0 Å². The maximum atomic E-state index is 6.01. The van der Waals surface area contributed by atoms with Crippen LogP contribution in [0.15, 0.2) is 41.3 Å². The first kappa shape index (κ1) is 15.7. The first-order valence-corrected chi connectivity index (χ1v) is 8.47. The number of aromatic nitrogens is 2. The third-order valence-electron chi connectivity index (χ3n) is 3.24. The largest absolute Gasteiger partial charge is 0.378 e. The van der Waals surface area contributed by atoms with E-state index in [0.717, 1.165) is 33.6 Å². The van der Waals surface area contributed by atoms with Gasteiger partial charge in [-0.05, 0) is 6.07 Å². The highest BCUT2D eigenvalue weighted by Crippen LogP contribution is 2.32. The van der Waals surface area contributed by atoms with Gasteiger partial charge >= 0.3 is 0 Å². The molecule has 114 valence electrons. The van der Waals surface area contributed by atoms with Gasteiger partial charge in [0, 0.05) is 23.5 Å². The standard InChI is InChI=1S/C15H14ClN3OS2/c16-13-10-12(22-15(21)19-6-8-20-9-7-19)14(18-17-13)11-4-2-1-3-5-11/h1-5,10H,6-9H2. The predicted octanol–water partition coefficient (Wildman–Crippen LogP) is 3.51. The molecule has 1 aliphatic rings. The number of halogens is 1. The Kier molecular flexibility index (Phi) is 5.25. The molecule has 0 unspecified atom stereocenters. The molecule has 22 heavy (non-hydrogen) atoms. The second kappa shape index (κ2) is 7.37. The smallest absolute Gasteiger partial charge is 0.152 e. The molecule has 1 aliphatic heterocycles. The maximum Gasteiger partial charge on any atom is 0.152 e. The fraction of sp³-hybridized carbons (Fsp3) is 0.267. The molecule has 0 radical (unpaired) electrons. The topological polar surface area (TPSA) is 38.2 Å². The number of ether oxygens (including phenoxy) is 1. The number of thiocarbonyl (C=S) groups is 1. The Balaban J connectivity index is 1.86. The average Bonchev–Trinajstić information content (AvgIpc) is 2.56. The van der Waals surface area contributed by atoms with E-state index in [1.807, 2.05) is 36.4 Å². The lowest BCUT2D eigenvalue weighted by Gasteiger charge is -2.28. The van der Waals surface area contributed by atoms with Crippen LogP contribution < -0.4 is 0 Å². The van der Waals surface area contributed by atoms with E-state index >= 15 is 0 Å². The minimum Gasteiger partial charge on any atom is -0.378 e. The van der Waals surface area contributed by atoms with Crippen molar-refractivity contribution in [1.82, 2.24) is 15.1 Å². The van der Waals surface area contributed by atoms with E-state index in [1.165, 1.54) is 11.8 Å². The highest BCUT2D eigenvalue weighted by Gasteiger charge is 2.18. The van der Waals surface area contributed by atoms with Gasteiger partial charge in [0.05, 0.1) is 13.2 Å². The van der Waals surface area contributed by atoms with Gasteiger partial charge in [-0.2, -0.15) is 0 Å². The van der Waals surface area contributed by atoms with Crippen LogP contribution in [0.1, 0.15) is 0 Å². The molecule has 1 fully saturated rings. The van der Waals surface area contributed by atoms with Crippen molar-refractivity contribution in [1.29, 1.82) is 0 Å². The fourth-order valence-corrected chi connectivity index (χ4v) is 3.72. The van der Waals surface area contributed by atoms with Crippen LogP contribution in [-0.4, -0.2) is 45.7 Å². The Morgan fingerprint density at radius 2 is 1.91 bits per heavy atom. The van der Waals surface area contributed by atoms with Gasteiger partial charge < -0.3 is 9.64 Å². The minimum absolute atomic E-state index is 0.368. The molecule has 2 aromatic rings. The van der Waals surface area contributed by atoms with Gasteiger partial charge in [-0.15, -0.1) is 10.2 Å². The SMILES string of the molecule is S=C(Sc1cc(Cl)nnc1-c1ccccc1)N1CCOCC1. The monoisotopic (exact) mass is 351 g/mol. The van der Waals surface area contributed by atoms with E-state index in [9.17, 15) is 0 Å². The normalized spacial score (nSPS) is 14.9. The average molecular weight is 352 g/mol. The summed E-state index contributed by atoms with van der Waals surface area (Å²) >= 11 is 13.1. The van der Waals surface area contributed by atoms with Crippen LogP contribution >= 0.6 is 35.6 Å². The number of benzene rings is 1. The molecule has 0 spiro atoms. The third-order valence-corrected chi connectivity index (χ3v) is 4.90. The summed E-state index contributed by atoms with van der Waals surface area (Å²) in [4.78, 5) is 3.06. The molecule has 3 rings (SSSR count). The Hall–Kier alpha value is -1.21. The molecular weight excluding hydrogens is 338 g/mol. The van der Waals surface area contributed by atoms with Crippen LogP contribution in [0, 0.1) is 0 Å². The van der Waals surface area contributed by atoms with Crippen molar-refractivity contribution >= 4 is 39.9 Å². The zero-order chi connectivity index (χ0) is 15.4. The molecule has 0 N–H and O–H groups in total. The van der Waals surface area contributed by atoms with E-state index in [4.69, 9.17) is 28.6 Å². The van der Waals surface area contributed by atoms with Crippen molar-refractivity contribution in [2.45, 2.75) is 4.90 Å². The molecule has 1 aromatic heterocycles. The van der Waals surface area contributed by atoms with Gasteiger partial charge in [0.1, 0.15) is 10.0 Å². The molecule has 0 aliphatic carbocycles. The molecule has 0 atom stereocenters. The van der Waals surface area contributed by atoms with E-state index in [2.05, 4.69) is 15.1 Å². The number of morpholine rings is 1. The van der Waals surface area contributed by atoms with Crippen LogP contribution in [-0.2, 0) is 4.74 Å². The second-order valence-corrected chi connectivity index (χ2v) is 6.78. The van der Waals surface area contributed by atoms with Gasteiger partial charge in [-0.3, -0.25) is 0 Å². The second-order valence-electron chi connectivity index (χ2n) is 4.71. The number of hydrogen-bond donors (Lipinski definition) is 0. The van der Waals surface area contributed by atoms with Crippen LogP contribution in [0.5, 0.6) is 0 Å². The van der Waals surface area contributed by atoms with Gasteiger partial charge in [0.25, 0.3) is 0 Å². The van der Waals surface area contributed by atoms with Crippen molar-refractivity contribution in [3.8, 4) is 11.3 Å². The summed E-state index contributed by atoms with van der Waals surface area (Å²) in [6, 6.07) is 11.7. The molecule has 0 bridgehead atoms. The minimum atomic E-state index is 0.368. The highest BCUT2D eigenvalue weighted by atomic mass is 35.5. The number of rotatable bonds is 2. The quantitative estimate of drug-likeness (QED) is 0.609. The van der Waals surface area contributed by atoms with Crippen molar-refractivity contribution in [3.05, 3.63) is 41.6 Å². The summed E-state index contributed by atoms with van der Waals surface area (Å²) in [6.07, 6.45) is 0. The molecule has 7 heteroatoms. The molecule has 0 saturated carbocycles. The van der Waals surface area contributed by atoms with Crippen molar-refractivity contribution < 1.29 is 4.74 Å². The summed E-state index contributed by atoms with van der Waals surface area (Å²) in [5.74, 6) is 0. The summed E-state index contributed by atoms with van der Waals surface area (Å²) in [6.45, 7) is 3.06. The molecule has 4 nitrogen and oxygen atoms in total. The first-order chi connectivity index (χ1) is 10.7.